The quantitative estimate of drug-likeness (QED) is 0.791. The molecular weight excluding hydrogens is 224 g/mol. The van der Waals surface area contributed by atoms with E-state index in [4.69, 9.17) is 5.73 Å². The summed E-state index contributed by atoms with van der Waals surface area (Å²) < 4.78 is 0. The van der Waals surface area contributed by atoms with Crippen molar-refractivity contribution in [3.63, 3.8) is 0 Å². The van der Waals surface area contributed by atoms with Crippen molar-refractivity contribution in [2.45, 2.75) is 47.5 Å². The Hall–Kier alpha value is -1.51. The molecule has 104 valence electrons. The van der Waals surface area contributed by atoms with Crippen LogP contribution in [-0.4, -0.2) is 5.91 Å². The fraction of sp³-hybridized carbons (Fsp3) is 0.533. The van der Waals surface area contributed by atoms with Crippen LogP contribution in [0.1, 0.15) is 46.1 Å². The van der Waals surface area contributed by atoms with E-state index in [9.17, 15) is 4.79 Å². The fourth-order valence-corrected chi connectivity index (χ4v) is 1.25. The molecule has 18 heavy (non-hydrogen) atoms. The zero-order chi connectivity index (χ0) is 14.6. The highest BCUT2D eigenvalue weighted by Gasteiger charge is 1.85. The van der Waals surface area contributed by atoms with E-state index in [1.165, 1.54) is 25.3 Å². The number of hydrogen-bond donors (Lipinski definition) is 2. The highest BCUT2D eigenvalue weighted by molar-refractivity contribution is 5.70. The van der Waals surface area contributed by atoms with Crippen molar-refractivity contribution in [3.8, 4) is 0 Å². The van der Waals surface area contributed by atoms with Crippen LogP contribution in [0, 0.1) is 12.8 Å². The van der Waals surface area contributed by atoms with Crippen LogP contribution in [0.4, 0.5) is 5.69 Å². The van der Waals surface area contributed by atoms with E-state index in [-0.39, 0.29) is 5.91 Å². The smallest absolute Gasteiger partial charge is 0.214 e. The van der Waals surface area contributed by atoms with Crippen molar-refractivity contribution >= 4 is 11.6 Å². The molecule has 3 heteroatoms. The molecule has 0 aliphatic heterocycles. The summed E-state index contributed by atoms with van der Waals surface area (Å²) in [6.45, 7) is 10.1. The molecule has 1 amide bonds. The van der Waals surface area contributed by atoms with E-state index < -0.39 is 0 Å². The first-order valence-corrected chi connectivity index (χ1v) is 6.37. The third kappa shape index (κ3) is 20.0. The zero-order valence-corrected chi connectivity index (χ0v) is 12.4. The summed E-state index contributed by atoms with van der Waals surface area (Å²) in [5, 5.41) is 0. The Morgan fingerprint density at radius 3 is 2.00 bits per heavy atom. The van der Waals surface area contributed by atoms with Gasteiger partial charge >= 0.3 is 0 Å². The Morgan fingerprint density at radius 2 is 1.83 bits per heavy atom. The van der Waals surface area contributed by atoms with Gasteiger partial charge in [0.1, 0.15) is 0 Å². The number of nitrogen functional groups attached to an aromatic ring is 1. The third-order valence-corrected chi connectivity index (χ3v) is 1.91. The Morgan fingerprint density at radius 1 is 1.33 bits per heavy atom. The van der Waals surface area contributed by atoms with E-state index in [0.29, 0.717) is 0 Å². The van der Waals surface area contributed by atoms with Crippen LogP contribution in [-0.2, 0) is 4.79 Å². The molecule has 0 unspecified atom stereocenters. The van der Waals surface area contributed by atoms with Crippen molar-refractivity contribution in [1.82, 2.24) is 0 Å². The maximum absolute atomic E-state index is 9.22. The zero-order valence-electron chi connectivity index (χ0n) is 12.4. The topological polar surface area (TPSA) is 69.1 Å². The van der Waals surface area contributed by atoms with Gasteiger partial charge in [0.05, 0.1) is 0 Å². The minimum atomic E-state index is -0.333. The van der Waals surface area contributed by atoms with Gasteiger partial charge in [0, 0.05) is 12.6 Å². The molecule has 4 N–H and O–H groups in total. The normalized spacial score (nSPS) is 8.78. The molecule has 1 aromatic carbocycles. The standard InChI is InChI=1S/C7H9N.C6H14.C2H5NO/c1-6-3-2-4-7(8)5-6;1-4-5-6(2)3;1-2(3)4/h2-5H,8H2,1H3;6H,4-5H2,1-3H3;1H3,(H2,3,4). The predicted molar refractivity (Wildman–Crippen MR) is 80.2 cm³/mol. The monoisotopic (exact) mass is 252 g/mol. The van der Waals surface area contributed by atoms with Gasteiger partial charge in [-0.3, -0.25) is 4.79 Å². The largest absolute Gasteiger partial charge is 0.399 e. The Balaban J connectivity index is 0. The molecule has 0 aromatic heterocycles. The van der Waals surface area contributed by atoms with Gasteiger partial charge in [-0.15, -0.1) is 0 Å². The average Bonchev–Trinajstić information content (AvgIpc) is 2.16. The second-order valence-corrected chi connectivity index (χ2v) is 4.71. The van der Waals surface area contributed by atoms with Crippen LogP contribution in [0.2, 0.25) is 0 Å². The average molecular weight is 252 g/mol. The van der Waals surface area contributed by atoms with E-state index in [0.717, 1.165) is 11.6 Å². The van der Waals surface area contributed by atoms with E-state index in [2.05, 4.69) is 26.5 Å². The van der Waals surface area contributed by atoms with Crippen LogP contribution in [0.5, 0.6) is 0 Å². The molecule has 1 rings (SSSR count). The molecular formula is C15H28N2O. The van der Waals surface area contributed by atoms with Crippen LogP contribution in [0.25, 0.3) is 0 Å². The number of carbonyl (C=O) groups is 1. The first kappa shape index (κ1) is 18.8. The van der Waals surface area contributed by atoms with Gasteiger partial charge in [-0.2, -0.15) is 0 Å². The lowest BCUT2D eigenvalue weighted by molar-refractivity contribution is -0.115. The summed E-state index contributed by atoms with van der Waals surface area (Å²) in [7, 11) is 0. The fourth-order valence-electron chi connectivity index (χ4n) is 1.25. The Kier molecular flexibility index (Phi) is 12.5. The highest BCUT2D eigenvalue weighted by Crippen LogP contribution is 2.03. The molecule has 0 saturated carbocycles. The lowest BCUT2D eigenvalue weighted by atomic mass is 10.1. The van der Waals surface area contributed by atoms with Crippen molar-refractivity contribution in [2.75, 3.05) is 5.73 Å². The van der Waals surface area contributed by atoms with Crippen molar-refractivity contribution in [2.24, 2.45) is 11.7 Å². The van der Waals surface area contributed by atoms with Gasteiger partial charge in [-0.25, -0.2) is 0 Å². The van der Waals surface area contributed by atoms with Crippen molar-refractivity contribution < 1.29 is 4.79 Å². The SMILES string of the molecule is CC(N)=O.CCCC(C)C.Cc1cccc(N)c1. The van der Waals surface area contributed by atoms with Crippen molar-refractivity contribution in [3.05, 3.63) is 29.8 Å². The van der Waals surface area contributed by atoms with Crippen LogP contribution >= 0.6 is 0 Å². The lowest BCUT2D eigenvalue weighted by Crippen LogP contribution is -2.01. The third-order valence-electron chi connectivity index (χ3n) is 1.91. The molecule has 0 bridgehead atoms. The number of carbonyl (C=O) groups excluding carboxylic acids is 1. The summed E-state index contributed by atoms with van der Waals surface area (Å²) in [6, 6.07) is 7.80. The van der Waals surface area contributed by atoms with E-state index in [1.807, 2.05) is 31.2 Å². The first-order valence-electron chi connectivity index (χ1n) is 6.37. The Labute approximate surface area is 112 Å². The maximum Gasteiger partial charge on any atom is 0.214 e. The van der Waals surface area contributed by atoms with E-state index in [1.54, 1.807) is 0 Å². The second-order valence-electron chi connectivity index (χ2n) is 4.71. The van der Waals surface area contributed by atoms with Gasteiger partial charge < -0.3 is 11.5 Å². The molecule has 0 aliphatic rings. The van der Waals surface area contributed by atoms with Crippen LogP contribution in [0.3, 0.4) is 0 Å². The summed E-state index contributed by atoms with van der Waals surface area (Å²) >= 11 is 0. The number of primary amides is 1. The number of anilines is 1. The van der Waals surface area contributed by atoms with E-state index >= 15 is 0 Å². The predicted octanol–water partition coefficient (Wildman–Crippen LogP) is 3.51. The molecule has 0 aliphatic carbocycles. The summed E-state index contributed by atoms with van der Waals surface area (Å²) in [5.74, 6) is 0.565. The highest BCUT2D eigenvalue weighted by atomic mass is 16.1. The Bertz CT molecular complexity index is 301. The van der Waals surface area contributed by atoms with Crippen LogP contribution < -0.4 is 11.5 Å². The number of aryl methyl sites for hydroxylation is 1. The summed E-state index contributed by atoms with van der Waals surface area (Å²) in [4.78, 5) is 9.22. The van der Waals surface area contributed by atoms with Crippen molar-refractivity contribution in [1.29, 1.82) is 0 Å². The van der Waals surface area contributed by atoms with Crippen LogP contribution in [0.15, 0.2) is 24.3 Å². The molecule has 0 atom stereocenters. The number of amides is 1. The summed E-state index contributed by atoms with van der Waals surface area (Å²) in [6.07, 6.45) is 2.71. The number of benzene rings is 1. The second kappa shape index (κ2) is 12.0. The molecule has 0 radical (unpaired) electrons. The minimum absolute atomic E-state index is 0.333. The molecule has 0 fully saturated rings. The maximum atomic E-state index is 9.22. The molecule has 0 saturated heterocycles. The molecule has 0 heterocycles. The van der Waals surface area contributed by atoms with Gasteiger partial charge in [-0.1, -0.05) is 45.7 Å². The number of nitrogens with two attached hydrogens (primary N) is 2. The van der Waals surface area contributed by atoms with Gasteiger partial charge in [0.25, 0.3) is 0 Å². The number of rotatable bonds is 2. The summed E-state index contributed by atoms with van der Waals surface area (Å²) in [5.41, 5.74) is 12.0. The van der Waals surface area contributed by atoms with Gasteiger partial charge in [0.15, 0.2) is 0 Å². The first-order chi connectivity index (χ1) is 8.29. The number of hydrogen-bond acceptors (Lipinski definition) is 2. The molecule has 3 nitrogen and oxygen atoms in total. The minimum Gasteiger partial charge on any atom is -0.399 e. The van der Waals surface area contributed by atoms with Gasteiger partial charge in [-0.05, 0) is 30.5 Å². The molecule has 0 spiro atoms. The molecule has 1 aromatic rings. The van der Waals surface area contributed by atoms with Gasteiger partial charge in [0.2, 0.25) is 5.91 Å². The lowest BCUT2D eigenvalue weighted by Gasteiger charge is -1.95.